The minimum absolute atomic E-state index is 0.180. The average Bonchev–Trinajstić information content (AvgIpc) is 2.86. The zero-order valence-corrected chi connectivity index (χ0v) is 20.1. The molecule has 3 aromatic carbocycles. The van der Waals surface area contributed by atoms with Gasteiger partial charge < -0.3 is 19.7 Å². The maximum Gasteiger partial charge on any atom is 0.261 e. The third kappa shape index (κ3) is 6.99. The summed E-state index contributed by atoms with van der Waals surface area (Å²) in [5, 5.41) is 3.40. The van der Waals surface area contributed by atoms with Gasteiger partial charge in [-0.2, -0.15) is 0 Å². The molecule has 0 bridgehead atoms. The fourth-order valence-electron chi connectivity index (χ4n) is 3.56. The largest absolute Gasteiger partial charge is 0.497 e. The highest BCUT2D eigenvalue weighted by Gasteiger charge is 2.30. The molecule has 6 nitrogen and oxygen atoms in total. The average molecular weight is 481 g/mol. The van der Waals surface area contributed by atoms with Crippen molar-refractivity contribution in [1.29, 1.82) is 0 Å². The van der Waals surface area contributed by atoms with Gasteiger partial charge in [0.05, 0.1) is 7.11 Å². The first-order valence-corrected chi connectivity index (χ1v) is 11.5. The predicted octanol–water partition coefficient (Wildman–Crippen LogP) is 4.50. The third-order valence-corrected chi connectivity index (χ3v) is 5.71. The Morgan fingerprint density at radius 2 is 1.59 bits per heavy atom. The molecule has 3 rings (SSSR count). The zero-order valence-electron chi connectivity index (χ0n) is 19.4. The second kappa shape index (κ2) is 12.7. The van der Waals surface area contributed by atoms with Crippen molar-refractivity contribution in [1.82, 2.24) is 10.2 Å². The van der Waals surface area contributed by atoms with E-state index >= 15 is 0 Å². The summed E-state index contributed by atoms with van der Waals surface area (Å²) in [4.78, 5) is 28.1. The van der Waals surface area contributed by atoms with Crippen LogP contribution in [0.15, 0.2) is 78.9 Å². The van der Waals surface area contributed by atoms with Crippen LogP contribution in [-0.2, 0) is 22.6 Å². The van der Waals surface area contributed by atoms with E-state index < -0.39 is 6.04 Å². The highest BCUT2D eigenvalue weighted by molar-refractivity contribution is 6.31. The van der Waals surface area contributed by atoms with E-state index in [1.165, 1.54) is 0 Å². The molecule has 34 heavy (non-hydrogen) atoms. The van der Waals surface area contributed by atoms with Crippen LogP contribution in [0.1, 0.15) is 18.1 Å². The van der Waals surface area contributed by atoms with E-state index in [-0.39, 0.29) is 25.0 Å². The molecular weight excluding hydrogens is 452 g/mol. The lowest BCUT2D eigenvalue weighted by Gasteiger charge is -2.31. The van der Waals surface area contributed by atoms with Gasteiger partial charge >= 0.3 is 0 Å². The number of ether oxygens (including phenoxy) is 2. The lowest BCUT2D eigenvalue weighted by Crippen LogP contribution is -2.51. The second-order valence-corrected chi connectivity index (χ2v) is 8.08. The number of likely N-dealkylation sites (N-methyl/N-ethyl adjacent to an activating group) is 1. The number of amides is 2. The SMILES string of the molecule is CCNC(=O)[C@@H](Cc1ccccc1)N(Cc1ccccc1Cl)C(=O)COc1ccc(OC)cc1. The molecule has 0 aliphatic rings. The second-order valence-electron chi connectivity index (χ2n) is 7.68. The Labute approximate surface area is 205 Å². The molecule has 178 valence electrons. The van der Waals surface area contributed by atoms with Gasteiger partial charge in [-0.1, -0.05) is 60.1 Å². The van der Waals surface area contributed by atoms with Crippen LogP contribution in [0.3, 0.4) is 0 Å². The van der Waals surface area contributed by atoms with Crippen molar-refractivity contribution in [3.63, 3.8) is 0 Å². The quantitative estimate of drug-likeness (QED) is 0.438. The number of carbonyl (C=O) groups excluding carboxylic acids is 2. The molecule has 0 aliphatic heterocycles. The number of halogens is 1. The van der Waals surface area contributed by atoms with Gasteiger partial charge in [0.1, 0.15) is 17.5 Å². The van der Waals surface area contributed by atoms with Gasteiger partial charge in [-0.3, -0.25) is 9.59 Å². The van der Waals surface area contributed by atoms with Crippen molar-refractivity contribution >= 4 is 23.4 Å². The smallest absolute Gasteiger partial charge is 0.261 e. The van der Waals surface area contributed by atoms with E-state index in [1.54, 1.807) is 42.3 Å². The van der Waals surface area contributed by atoms with Crippen LogP contribution in [0, 0.1) is 0 Å². The molecule has 0 spiro atoms. The van der Waals surface area contributed by atoms with Crippen molar-refractivity contribution in [2.45, 2.75) is 25.9 Å². The van der Waals surface area contributed by atoms with Crippen molar-refractivity contribution in [2.75, 3.05) is 20.3 Å². The molecule has 0 unspecified atom stereocenters. The third-order valence-electron chi connectivity index (χ3n) is 5.34. The number of benzene rings is 3. The first-order valence-electron chi connectivity index (χ1n) is 11.1. The van der Waals surface area contributed by atoms with Gasteiger partial charge in [-0.15, -0.1) is 0 Å². The van der Waals surface area contributed by atoms with Gasteiger partial charge in [-0.05, 0) is 48.4 Å². The molecule has 2 amide bonds. The standard InChI is InChI=1S/C27H29ClN2O4/c1-3-29-27(32)25(17-20-9-5-4-6-10-20)30(18-21-11-7-8-12-24(21)28)26(31)19-34-23-15-13-22(33-2)14-16-23/h4-16,25H,3,17-19H2,1-2H3,(H,29,32)/t25-/m1/s1. The molecule has 0 heterocycles. The summed E-state index contributed by atoms with van der Waals surface area (Å²) in [6.07, 6.45) is 0.366. The van der Waals surface area contributed by atoms with Crippen LogP contribution in [0.2, 0.25) is 5.02 Å². The van der Waals surface area contributed by atoms with Crippen LogP contribution in [0.5, 0.6) is 11.5 Å². The zero-order chi connectivity index (χ0) is 24.3. The molecule has 0 aromatic heterocycles. The molecule has 3 aromatic rings. The number of nitrogens with one attached hydrogen (secondary N) is 1. The monoisotopic (exact) mass is 480 g/mol. The predicted molar refractivity (Wildman–Crippen MR) is 133 cm³/mol. The van der Waals surface area contributed by atoms with Crippen LogP contribution in [0.25, 0.3) is 0 Å². The Morgan fingerprint density at radius 1 is 0.941 bits per heavy atom. The van der Waals surface area contributed by atoms with Crippen molar-refractivity contribution in [3.8, 4) is 11.5 Å². The number of rotatable bonds is 11. The normalized spacial score (nSPS) is 11.4. The Kier molecular flexibility index (Phi) is 9.35. The molecule has 0 fully saturated rings. The van der Waals surface area contributed by atoms with Crippen LogP contribution in [-0.4, -0.2) is 43.0 Å². The van der Waals surface area contributed by atoms with E-state index in [0.29, 0.717) is 29.5 Å². The fraction of sp³-hybridized carbons (Fsp3) is 0.259. The summed E-state index contributed by atoms with van der Waals surface area (Å²) < 4.78 is 10.9. The number of carbonyl (C=O) groups is 2. The number of hydrogen-bond donors (Lipinski definition) is 1. The van der Waals surface area contributed by atoms with E-state index in [9.17, 15) is 9.59 Å². The number of hydrogen-bond acceptors (Lipinski definition) is 4. The molecule has 1 N–H and O–H groups in total. The van der Waals surface area contributed by atoms with Gasteiger partial charge in [0.15, 0.2) is 6.61 Å². The van der Waals surface area contributed by atoms with Crippen LogP contribution < -0.4 is 14.8 Å². The van der Waals surface area contributed by atoms with E-state index in [2.05, 4.69) is 5.32 Å². The molecular formula is C27H29ClN2O4. The van der Waals surface area contributed by atoms with E-state index in [1.807, 2.05) is 55.5 Å². The Morgan fingerprint density at radius 3 is 2.24 bits per heavy atom. The maximum atomic E-state index is 13.4. The minimum Gasteiger partial charge on any atom is -0.497 e. The van der Waals surface area contributed by atoms with Crippen molar-refractivity contribution < 1.29 is 19.1 Å². The van der Waals surface area contributed by atoms with Crippen molar-refractivity contribution in [2.24, 2.45) is 0 Å². The summed E-state index contributed by atoms with van der Waals surface area (Å²) in [6, 6.07) is 23.2. The highest BCUT2D eigenvalue weighted by atomic mass is 35.5. The summed E-state index contributed by atoms with van der Waals surface area (Å²) >= 11 is 6.40. The van der Waals surface area contributed by atoms with Gasteiger partial charge in [0.2, 0.25) is 5.91 Å². The maximum absolute atomic E-state index is 13.4. The van der Waals surface area contributed by atoms with Gasteiger partial charge in [0.25, 0.3) is 5.91 Å². The summed E-state index contributed by atoms with van der Waals surface area (Å²) in [7, 11) is 1.58. The Balaban J connectivity index is 1.87. The lowest BCUT2D eigenvalue weighted by molar-refractivity contribution is -0.142. The fourth-order valence-corrected chi connectivity index (χ4v) is 3.75. The lowest BCUT2D eigenvalue weighted by atomic mass is 10.0. The minimum atomic E-state index is -0.731. The van der Waals surface area contributed by atoms with Crippen LogP contribution >= 0.6 is 11.6 Å². The number of methoxy groups -OCH3 is 1. The number of nitrogens with zero attached hydrogens (tertiary/aromatic N) is 1. The molecule has 0 saturated carbocycles. The summed E-state index contributed by atoms with van der Waals surface area (Å²) in [5.74, 6) is 0.682. The Hall–Kier alpha value is -3.51. The molecule has 1 atom stereocenters. The van der Waals surface area contributed by atoms with E-state index in [4.69, 9.17) is 21.1 Å². The first kappa shape index (κ1) is 25.1. The van der Waals surface area contributed by atoms with Crippen LogP contribution in [0.4, 0.5) is 0 Å². The van der Waals surface area contributed by atoms with Gasteiger partial charge in [-0.25, -0.2) is 0 Å². The van der Waals surface area contributed by atoms with E-state index in [0.717, 1.165) is 11.1 Å². The summed E-state index contributed by atoms with van der Waals surface area (Å²) in [6.45, 7) is 2.27. The molecule has 0 saturated heterocycles. The van der Waals surface area contributed by atoms with Crippen molar-refractivity contribution in [3.05, 3.63) is 95.0 Å². The summed E-state index contributed by atoms with van der Waals surface area (Å²) in [5.41, 5.74) is 1.70. The highest BCUT2D eigenvalue weighted by Crippen LogP contribution is 2.21. The molecule has 0 aliphatic carbocycles. The van der Waals surface area contributed by atoms with Gasteiger partial charge in [0, 0.05) is 24.5 Å². The Bertz CT molecular complexity index is 1070. The molecule has 0 radical (unpaired) electrons. The first-order chi connectivity index (χ1) is 16.5. The molecule has 7 heteroatoms. The topological polar surface area (TPSA) is 67.9 Å².